The number of carboxylic acid groups (broad SMARTS) is 2. The number of carboxylic acids is 2. The Hall–Kier alpha value is -3.60. The van der Waals surface area contributed by atoms with Crippen LogP contribution in [0.4, 0.5) is 26.3 Å². The zero-order chi connectivity index (χ0) is 31.0. The number of halogens is 6. The van der Waals surface area contributed by atoms with Gasteiger partial charge < -0.3 is 19.8 Å². The second-order valence-corrected chi connectivity index (χ2v) is 10.1. The van der Waals surface area contributed by atoms with E-state index in [0.717, 1.165) is 61.0 Å². The van der Waals surface area contributed by atoms with Crippen LogP contribution in [-0.4, -0.2) is 77.3 Å². The maximum atomic E-state index is 12.3. The SMILES string of the molecule is Cc1cccc2c(=O)[nH]c(CSC3CCN(Cc4nccn4C)CC3)nc12.O=C(O)C(F)(F)F.O=C(O)C(F)(F)F. The molecule has 0 radical (unpaired) electrons. The summed E-state index contributed by atoms with van der Waals surface area (Å²) in [4.78, 5) is 44.6. The summed E-state index contributed by atoms with van der Waals surface area (Å²) in [6.45, 7) is 5.10. The summed E-state index contributed by atoms with van der Waals surface area (Å²) in [5.41, 5.74) is 1.83. The largest absolute Gasteiger partial charge is 0.490 e. The Kier molecular flexibility index (Phi) is 11.8. The molecule has 1 aliphatic heterocycles. The lowest BCUT2D eigenvalue weighted by Gasteiger charge is -2.31. The second-order valence-electron chi connectivity index (χ2n) is 8.83. The first-order chi connectivity index (χ1) is 19.0. The molecule has 1 saturated heterocycles. The van der Waals surface area contributed by atoms with Gasteiger partial charge in [-0.3, -0.25) is 9.69 Å². The third-order valence-electron chi connectivity index (χ3n) is 5.75. The second kappa shape index (κ2) is 14.3. The van der Waals surface area contributed by atoms with Gasteiger partial charge in [-0.1, -0.05) is 12.1 Å². The number of likely N-dealkylation sites (tertiary alicyclic amines) is 1. The number of para-hydroxylation sites is 1. The third-order valence-corrected chi connectivity index (χ3v) is 7.13. The quantitative estimate of drug-likeness (QED) is 0.363. The Bertz CT molecular complexity index is 1360. The molecule has 0 bridgehead atoms. The zero-order valence-corrected chi connectivity index (χ0v) is 22.6. The van der Waals surface area contributed by atoms with Gasteiger partial charge in [0.2, 0.25) is 0 Å². The third kappa shape index (κ3) is 10.7. The number of rotatable bonds is 5. The molecule has 3 N–H and O–H groups in total. The van der Waals surface area contributed by atoms with Crippen LogP contribution in [0.15, 0.2) is 35.4 Å². The van der Waals surface area contributed by atoms with Crippen molar-refractivity contribution in [3.8, 4) is 0 Å². The first kappa shape index (κ1) is 33.6. The molecule has 0 aliphatic carbocycles. The molecule has 2 aromatic heterocycles. The van der Waals surface area contributed by atoms with Gasteiger partial charge in [-0.15, -0.1) is 0 Å². The highest BCUT2D eigenvalue weighted by Crippen LogP contribution is 2.26. The summed E-state index contributed by atoms with van der Waals surface area (Å²) in [5.74, 6) is -2.86. The lowest BCUT2D eigenvalue weighted by atomic mass is 10.1. The van der Waals surface area contributed by atoms with Crippen molar-refractivity contribution >= 4 is 34.6 Å². The maximum Gasteiger partial charge on any atom is 0.490 e. The van der Waals surface area contributed by atoms with Gasteiger partial charge in [0.1, 0.15) is 11.6 Å². The molecule has 1 fully saturated rings. The molecule has 1 aliphatic rings. The molecule has 0 atom stereocenters. The number of imidazole rings is 1. The number of aromatic nitrogens is 4. The van der Waals surface area contributed by atoms with Crippen LogP contribution in [0, 0.1) is 6.92 Å². The highest BCUT2D eigenvalue weighted by molar-refractivity contribution is 7.99. The predicted octanol–water partition coefficient (Wildman–Crippen LogP) is 4.13. The van der Waals surface area contributed by atoms with Gasteiger partial charge in [-0.25, -0.2) is 19.6 Å². The number of thioether (sulfide) groups is 1. The molecule has 3 aromatic rings. The van der Waals surface area contributed by atoms with Gasteiger partial charge in [0.05, 0.1) is 23.2 Å². The Morgan fingerprint density at radius 1 is 1.07 bits per heavy atom. The first-order valence-electron chi connectivity index (χ1n) is 11.9. The van der Waals surface area contributed by atoms with Crippen molar-refractivity contribution in [1.82, 2.24) is 24.4 Å². The molecule has 226 valence electrons. The van der Waals surface area contributed by atoms with Crippen LogP contribution in [0.5, 0.6) is 0 Å². The average molecular weight is 612 g/mol. The van der Waals surface area contributed by atoms with E-state index in [4.69, 9.17) is 24.8 Å². The molecular formula is C24H27F6N5O5S. The smallest absolute Gasteiger partial charge is 0.475 e. The Labute approximate surface area is 233 Å². The summed E-state index contributed by atoms with van der Waals surface area (Å²) in [6, 6.07) is 5.74. The number of benzene rings is 1. The van der Waals surface area contributed by atoms with Crippen molar-refractivity contribution in [1.29, 1.82) is 0 Å². The number of nitrogens with zero attached hydrogens (tertiary/aromatic N) is 4. The van der Waals surface area contributed by atoms with Crippen LogP contribution in [0.25, 0.3) is 10.9 Å². The minimum absolute atomic E-state index is 0.0378. The van der Waals surface area contributed by atoms with Gasteiger partial charge in [0.15, 0.2) is 0 Å². The van der Waals surface area contributed by atoms with E-state index < -0.39 is 24.3 Å². The molecule has 1 aromatic carbocycles. The fourth-order valence-electron chi connectivity index (χ4n) is 3.60. The molecule has 41 heavy (non-hydrogen) atoms. The summed E-state index contributed by atoms with van der Waals surface area (Å²) in [6.07, 6.45) is -3.99. The Balaban J connectivity index is 0.000000349. The van der Waals surface area contributed by atoms with Crippen molar-refractivity contribution in [3.05, 3.63) is 58.2 Å². The molecule has 0 spiro atoms. The van der Waals surface area contributed by atoms with E-state index in [1.165, 1.54) is 0 Å². The number of aromatic amines is 1. The summed E-state index contributed by atoms with van der Waals surface area (Å²) >= 11 is 1.91. The van der Waals surface area contributed by atoms with Crippen LogP contribution < -0.4 is 5.56 Å². The van der Waals surface area contributed by atoms with E-state index in [1.807, 2.05) is 56.3 Å². The molecule has 0 unspecified atom stereocenters. The summed E-state index contributed by atoms with van der Waals surface area (Å²) < 4.78 is 65.6. The van der Waals surface area contributed by atoms with Gasteiger partial charge >= 0.3 is 24.3 Å². The topological polar surface area (TPSA) is 141 Å². The van der Waals surface area contributed by atoms with Crippen molar-refractivity contribution in [2.24, 2.45) is 7.05 Å². The molecule has 17 heteroatoms. The van der Waals surface area contributed by atoms with Crippen LogP contribution >= 0.6 is 11.8 Å². The van der Waals surface area contributed by atoms with Crippen LogP contribution in [0.1, 0.15) is 30.1 Å². The van der Waals surface area contributed by atoms with Gasteiger partial charge in [0, 0.05) is 24.7 Å². The normalized spacial score (nSPS) is 14.5. The number of fused-ring (bicyclic) bond motifs is 1. The number of carbonyl (C=O) groups is 2. The van der Waals surface area contributed by atoms with Crippen LogP contribution in [0.2, 0.25) is 0 Å². The van der Waals surface area contributed by atoms with Crippen molar-refractivity contribution < 1.29 is 46.1 Å². The number of hydrogen-bond donors (Lipinski definition) is 3. The minimum Gasteiger partial charge on any atom is -0.475 e. The number of aliphatic carboxylic acids is 2. The zero-order valence-electron chi connectivity index (χ0n) is 21.8. The van der Waals surface area contributed by atoms with Crippen molar-refractivity contribution in [2.75, 3.05) is 13.1 Å². The highest BCUT2D eigenvalue weighted by Gasteiger charge is 2.38. The minimum atomic E-state index is -5.08. The van der Waals surface area contributed by atoms with Gasteiger partial charge in [0.25, 0.3) is 5.56 Å². The van der Waals surface area contributed by atoms with E-state index >= 15 is 0 Å². The van der Waals surface area contributed by atoms with E-state index in [0.29, 0.717) is 10.6 Å². The number of piperidine rings is 1. The number of nitrogens with one attached hydrogen (secondary N) is 1. The van der Waals surface area contributed by atoms with Crippen molar-refractivity contribution in [3.63, 3.8) is 0 Å². The van der Waals surface area contributed by atoms with Crippen LogP contribution in [-0.2, 0) is 28.9 Å². The lowest BCUT2D eigenvalue weighted by Crippen LogP contribution is -2.35. The number of aryl methyl sites for hydroxylation is 2. The first-order valence-corrected chi connectivity index (χ1v) is 12.9. The molecule has 10 nitrogen and oxygen atoms in total. The van der Waals surface area contributed by atoms with E-state index in [9.17, 15) is 31.1 Å². The van der Waals surface area contributed by atoms with Crippen molar-refractivity contribution in [2.45, 2.75) is 49.7 Å². The molecule has 0 amide bonds. The van der Waals surface area contributed by atoms with Gasteiger partial charge in [-0.2, -0.15) is 38.1 Å². The molecule has 0 saturated carbocycles. The van der Waals surface area contributed by atoms with Gasteiger partial charge in [-0.05, 0) is 44.5 Å². The van der Waals surface area contributed by atoms with Crippen LogP contribution in [0.3, 0.4) is 0 Å². The monoisotopic (exact) mass is 611 g/mol. The lowest BCUT2D eigenvalue weighted by molar-refractivity contribution is -0.193. The fourth-order valence-corrected chi connectivity index (χ4v) is 4.67. The Morgan fingerprint density at radius 3 is 2.12 bits per heavy atom. The average Bonchev–Trinajstić information content (AvgIpc) is 3.28. The van der Waals surface area contributed by atoms with E-state index in [2.05, 4.69) is 19.4 Å². The maximum absolute atomic E-state index is 12.3. The number of hydrogen-bond acceptors (Lipinski definition) is 7. The number of H-pyrrole nitrogens is 1. The number of alkyl halides is 6. The Morgan fingerprint density at radius 2 is 1.63 bits per heavy atom. The summed E-state index contributed by atoms with van der Waals surface area (Å²) in [7, 11) is 2.05. The summed E-state index contributed by atoms with van der Waals surface area (Å²) in [5, 5.41) is 15.5. The van der Waals surface area contributed by atoms with E-state index in [-0.39, 0.29) is 5.56 Å². The molecular weight excluding hydrogens is 584 g/mol. The predicted molar refractivity (Wildman–Crippen MR) is 137 cm³/mol. The fraction of sp³-hybridized carbons (Fsp3) is 0.458. The standard InChI is InChI=1S/C20H25N5OS.2C2HF3O2/c1-14-4-3-5-16-19(14)22-17(23-20(16)26)13-27-15-6-9-25(10-7-15)12-18-21-8-11-24(18)2;2*3-2(4,5)1(6)7/h3-5,8,11,15H,6-7,9-10,12-13H2,1-2H3,(H,22,23,26);2*(H,6,7). The highest BCUT2D eigenvalue weighted by atomic mass is 32.2. The molecule has 4 rings (SSSR count). The molecule has 3 heterocycles. The van der Waals surface area contributed by atoms with E-state index in [1.54, 1.807) is 0 Å².